The van der Waals surface area contributed by atoms with Crippen LogP contribution in [-0.2, 0) is 14.8 Å². The van der Waals surface area contributed by atoms with Gasteiger partial charge in [0.25, 0.3) is 0 Å². The van der Waals surface area contributed by atoms with E-state index in [-0.39, 0.29) is 11.4 Å². The first kappa shape index (κ1) is 20.9. The van der Waals surface area contributed by atoms with Gasteiger partial charge in [-0.1, -0.05) is 29.3 Å². The van der Waals surface area contributed by atoms with E-state index in [0.29, 0.717) is 39.9 Å². The van der Waals surface area contributed by atoms with Crippen molar-refractivity contribution in [3.05, 3.63) is 52.0 Å². The molecular formula is C19H20Cl2N2O4S. The topological polar surface area (TPSA) is 75.7 Å². The van der Waals surface area contributed by atoms with Gasteiger partial charge in [0.2, 0.25) is 15.9 Å². The van der Waals surface area contributed by atoms with E-state index in [1.54, 1.807) is 31.2 Å². The Morgan fingerprint density at radius 3 is 2.68 bits per heavy atom. The SMILES string of the molecule is COc1ccc(C)c(S(=O)(=O)N2CCC[C@@H]2C(=O)Nc2cc(Cl)ccc2Cl)c1. The molecule has 2 aromatic carbocycles. The lowest BCUT2D eigenvalue weighted by atomic mass is 10.2. The van der Waals surface area contributed by atoms with Crippen molar-refractivity contribution in [2.75, 3.05) is 19.0 Å². The second kappa shape index (κ2) is 8.29. The van der Waals surface area contributed by atoms with Gasteiger partial charge in [0.15, 0.2) is 0 Å². The van der Waals surface area contributed by atoms with Crippen LogP contribution in [0, 0.1) is 6.92 Å². The third-order valence-electron chi connectivity index (χ3n) is 4.67. The number of amides is 1. The fourth-order valence-corrected chi connectivity index (χ4v) is 5.45. The highest BCUT2D eigenvalue weighted by Crippen LogP contribution is 2.32. The fourth-order valence-electron chi connectivity index (χ4n) is 3.21. The van der Waals surface area contributed by atoms with Crippen LogP contribution < -0.4 is 10.1 Å². The summed E-state index contributed by atoms with van der Waals surface area (Å²) in [5.74, 6) is 0.000809. The van der Waals surface area contributed by atoms with Crippen LogP contribution in [0.1, 0.15) is 18.4 Å². The second-order valence-corrected chi connectivity index (χ2v) is 9.22. The molecule has 1 atom stereocenters. The number of carbonyl (C=O) groups is 1. The monoisotopic (exact) mass is 442 g/mol. The number of carbonyl (C=O) groups excluding carboxylic acids is 1. The summed E-state index contributed by atoms with van der Waals surface area (Å²) in [5.41, 5.74) is 0.936. The van der Waals surface area contributed by atoms with E-state index in [9.17, 15) is 13.2 Å². The molecule has 0 aliphatic carbocycles. The van der Waals surface area contributed by atoms with Crippen LogP contribution >= 0.6 is 23.2 Å². The molecule has 0 radical (unpaired) electrons. The van der Waals surface area contributed by atoms with Crippen LogP contribution in [0.3, 0.4) is 0 Å². The quantitative estimate of drug-likeness (QED) is 0.755. The maximum atomic E-state index is 13.3. The highest BCUT2D eigenvalue weighted by atomic mass is 35.5. The molecule has 1 amide bonds. The van der Waals surface area contributed by atoms with Crippen molar-refractivity contribution >= 4 is 44.8 Å². The largest absolute Gasteiger partial charge is 0.497 e. The van der Waals surface area contributed by atoms with Crippen molar-refractivity contribution in [3.63, 3.8) is 0 Å². The van der Waals surface area contributed by atoms with Crippen LogP contribution in [0.5, 0.6) is 5.75 Å². The van der Waals surface area contributed by atoms with Crippen molar-refractivity contribution in [1.82, 2.24) is 4.31 Å². The van der Waals surface area contributed by atoms with Crippen molar-refractivity contribution in [1.29, 1.82) is 0 Å². The number of nitrogens with one attached hydrogen (secondary N) is 1. The van der Waals surface area contributed by atoms with Gasteiger partial charge in [0.05, 0.1) is 22.7 Å². The number of anilines is 1. The Morgan fingerprint density at radius 1 is 1.21 bits per heavy atom. The highest BCUT2D eigenvalue weighted by Gasteiger charge is 2.40. The summed E-state index contributed by atoms with van der Waals surface area (Å²) in [5, 5.41) is 3.44. The Morgan fingerprint density at radius 2 is 1.96 bits per heavy atom. The van der Waals surface area contributed by atoms with Crippen molar-refractivity contribution < 1.29 is 17.9 Å². The molecule has 28 heavy (non-hydrogen) atoms. The van der Waals surface area contributed by atoms with Crippen molar-refractivity contribution in [3.8, 4) is 5.75 Å². The molecule has 1 N–H and O–H groups in total. The minimum Gasteiger partial charge on any atom is -0.497 e. The average Bonchev–Trinajstić information content (AvgIpc) is 3.16. The minimum absolute atomic E-state index is 0.132. The molecule has 1 saturated heterocycles. The number of hydrogen-bond donors (Lipinski definition) is 1. The number of rotatable bonds is 5. The van der Waals surface area contributed by atoms with Crippen molar-refractivity contribution in [2.45, 2.75) is 30.7 Å². The predicted octanol–water partition coefficient (Wildman–Crippen LogP) is 4.10. The van der Waals surface area contributed by atoms with Gasteiger partial charge >= 0.3 is 0 Å². The summed E-state index contributed by atoms with van der Waals surface area (Å²) in [7, 11) is -2.40. The molecule has 150 valence electrons. The van der Waals surface area contributed by atoms with E-state index in [1.165, 1.54) is 23.5 Å². The summed E-state index contributed by atoms with van der Waals surface area (Å²) in [4.78, 5) is 13.0. The van der Waals surface area contributed by atoms with Crippen LogP contribution in [0.15, 0.2) is 41.3 Å². The zero-order valence-corrected chi connectivity index (χ0v) is 17.7. The summed E-state index contributed by atoms with van der Waals surface area (Å²) in [6.07, 6.45) is 1.01. The first-order valence-electron chi connectivity index (χ1n) is 8.66. The second-order valence-electron chi connectivity index (χ2n) is 6.52. The average molecular weight is 443 g/mol. The first-order valence-corrected chi connectivity index (χ1v) is 10.9. The Kier molecular flexibility index (Phi) is 6.19. The molecule has 6 nitrogen and oxygen atoms in total. The fraction of sp³-hybridized carbons (Fsp3) is 0.316. The molecule has 1 heterocycles. The zero-order valence-electron chi connectivity index (χ0n) is 15.4. The Bertz CT molecular complexity index is 1010. The molecular weight excluding hydrogens is 423 g/mol. The van der Waals surface area contributed by atoms with Gasteiger partial charge in [0.1, 0.15) is 11.8 Å². The van der Waals surface area contributed by atoms with Crippen molar-refractivity contribution in [2.24, 2.45) is 0 Å². The lowest BCUT2D eigenvalue weighted by Crippen LogP contribution is -2.43. The minimum atomic E-state index is -3.87. The molecule has 1 aliphatic heterocycles. The van der Waals surface area contributed by atoms with Crippen LogP contribution in [0.2, 0.25) is 10.0 Å². The predicted molar refractivity (Wildman–Crippen MR) is 110 cm³/mol. The van der Waals surface area contributed by atoms with Gasteiger partial charge in [-0.15, -0.1) is 0 Å². The number of aryl methyl sites for hydroxylation is 1. The van der Waals surface area contributed by atoms with Crippen LogP contribution in [0.4, 0.5) is 5.69 Å². The van der Waals surface area contributed by atoms with Gasteiger partial charge < -0.3 is 10.1 Å². The number of ether oxygens (including phenoxy) is 1. The summed E-state index contributed by atoms with van der Waals surface area (Å²) < 4.78 is 32.9. The van der Waals surface area contributed by atoms with E-state index < -0.39 is 22.0 Å². The third-order valence-corrected chi connectivity index (χ3v) is 7.29. The van der Waals surface area contributed by atoms with E-state index in [2.05, 4.69) is 5.32 Å². The molecule has 2 aromatic rings. The van der Waals surface area contributed by atoms with Gasteiger partial charge in [-0.05, 0) is 49.6 Å². The number of sulfonamides is 1. The van der Waals surface area contributed by atoms with Gasteiger partial charge in [0, 0.05) is 17.6 Å². The lowest BCUT2D eigenvalue weighted by molar-refractivity contribution is -0.119. The summed E-state index contributed by atoms with van der Waals surface area (Å²) in [6.45, 7) is 1.98. The summed E-state index contributed by atoms with van der Waals surface area (Å²) in [6, 6.07) is 8.74. The third kappa shape index (κ3) is 4.12. The van der Waals surface area contributed by atoms with E-state index in [4.69, 9.17) is 27.9 Å². The molecule has 9 heteroatoms. The Labute approximate surface area is 174 Å². The standard InChI is InChI=1S/C19H20Cl2N2O4S/c1-12-5-7-14(27-2)11-18(12)28(25,26)23-9-3-4-17(23)19(24)22-16-10-13(20)6-8-15(16)21/h5-8,10-11,17H,3-4,9H2,1-2H3,(H,22,24)/t17-/m1/s1. The highest BCUT2D eigenvalue weighted by molar-refractivity contribution is 7.89. The zero-order chi connectivity index (χ0) is 20.5. The van der Waals surface area contributed by atoms with Gasteiger partial charge in [-0.3, -0.25) is 4.79 Å². The number of nitrogens with zero attached hydrogens (tertiary/aromatic N) is 1. The molecule has 0 aromatic heterocycles. The Hall–Kier alpha value is -1.80. The molecule has 1 aliphatic rings. The number of hydrogen-bond acceptors (Lipinski definition) is 4. The molecule has 0 spiro atoms. The maximum absolute atomic E-state index is 13.3. The molecule has 0 saturated carbocycles. The van der Waals surface area contributed by atoms with Gasteiger partial charge in [-0.25, -0.2) is 8.42 Å². The smallest absolute Gasteiger partial charge is 0.244 e. The lowest BCUT2D eigenvalue weighted by Gasteiger charge is -2.24. The first-order chi connectivity index (χ1) is 13.2. The Balaban J connectivity index is 1.89. The maximum Gasteiger partial charge on any atom is 0.244 e. The molecule has 1 fully saturated rings. The van der Waals surface area contributed by atoms with E-state index >= 15 is 0 Å². The molecule has 0 bridgehead atoms. The molecule has 3 rings (SSSR count). The number of methoxy groups -OCH3 is 1. The van der Waals surface area contributed by atoms with E-state index in [1.807, 2.05) is 0 Å². The van der Waals surface area contributed by atoms with E-state index in [0.717, 1.165) is 0 Å². The molecule has 0 unspecified atom stereocenters. The number of benzene rings is 2. The number of halogens is 2. The van der Waals surface area contributed by atoms with Crippen LogP contribution in [0.25, 0.3) is 0 Å². The van der Waals surface area contributed by atoms with Gasteiger partial charge in [-0.2, -0.15) is 4.31 Å². The normalized spacial score (nSPS) is 17.5. The van der Waals surface area contributed by atoms with Crippen LogP contribution in [-0.4, -0.2) is 38.3 Å². The summed E-state index contributed by atoms with van der Waals surface area (Å²) >= 11 is 12.1.